The van der Waals surface area contributed by atoms with Gasteiger partial charge in [-0.2, -0.15) is 13.2 Å². The van der Waals surface area contributed by atoms with Crippen molar-refractivity contribution in [1.82, 2.24) is 5.32 Å². The molecular formula is C14H17F4NO3. The van der Waals surface area contributed by atoms with Crippen molar-refractivity contribution >= 4 is 5.97 Å². The highest BCUT2D eigenvalue weighted by Gasteiger charge is 2.38. The first-order valence-electron chi connectivity index (χ1n) is 6.66. The van der Waals surface area contributed by atoms with E-state index >= 15 is 0 Å². The first-order chi connectivity index (χ1) is 10.2. The molecule has 0 amide bonds. The largest absolute Gasteiger partial charge is 0.490 e. The Labute approximate surface area is 124 Å². The van der Waals surface area contributed by atoms with E-state index in [0.29, 0.717) is 0 Å². The van der Waals surface area contributed by atoms with Gasteiger partial charge in [-0.1, -0.05) is 12.1 Å². The predicted molar refractivity (Wildman–Crippen MR) is 70.6 cm³/mol. The van der Waals surface area contributed by atoms with Crippen LogP contribution in [0, 0.1) is 11.7 Å². The molecule has 22 heavy (non-hydrogen) atoms. The second kappa shape index (κ2) is 8.09. The van der Waals surface area contributed by atoms with E-state index in [4.69, 9.17) is 9.90 Å². The van der Waals surface area contributed by atoms with Crippen LogP contribution in [0.3, 0.4) is 0 Å². The van der Waals surface area contributed by atoms with Gasteiger partial charge in [-0.25, -0.2) is 9.18 Å². The van der Waals surface area contributed by atoms with E-state index in [0.717, 1.165) is 31.5 Å². The molecule has 0 saturated carbocycles. The van der Waals surface area contributed by atoms with E-state index in [2.05, 4.69) is 5.32 Å². The van der Waals surface area contributed by atoms with E-state index in [9.17, 15) is 22.7 Å². The van der Waals surface area contributed by atoms with Gasteiger partial charge in [0.05, 0.1) is 6.10 Å². The van der Waals surface area contributed by atoms with Crippen molar-refractivity contribution < 1.29 is 32.6 Å². The minimum absolute atomic E-state index is 0.254. The minimum Gasteiger partial charge on any atom is -0.475 e. The number of hydrogen-bond acceptors (Lipinski definition) is 3. The second-order valence-corrected chi connectivity index (χ2v) is 4.91. The fourth-order valence-electron chi connectivity index (χ4n) is 2.08. The number of benzene rings is 1. The summed E-state index contributed by atoms with van der Waals surface area (Å²) in [5, 5.41) is 20.5. The molecule has 8 heteroatoms. The second-order valence-electron chi connectivity index (χ2n) is 4.91. The molecule has 1 heterocycles. The summed E-state index contributed by atoms with van der Waals surface area (Å²) in [6, 6.07) is 6.12. The number of halogens is 4. The first-order valence-corrected chi connectivity index (χ1v) is 6.66. The van der Waals surface area contributed by atoms with Gasteiger partial charge in [-0.3, -0.25) is 0 Å². The molecule has 1 saturated heterocycles. The zero-order chi connectivity index (χ0) is 16.8. The fraction of sp³-hybridized carbons (Fsp3) is 0.500. The lowest BCUT2D eigenvalue weighted by Crippen LogP contribution is -2.33. The number of aliphatic hydroxyl groups excluding tert-OH is 1. The molecule has 0 aliphatic carbocycles. The van der Waals surface area contributed by atoms with Crippen LogP contribution in [0.4, 0.5) is 17.6 Å². The summed E-state index contributed by atoms with van der Waals surface area (Å²) >= 11 is 0. The third-order valence-electron chi connectivity index (χ3n) is 3.24. The van der Waals surface area contributed by atoms with Crippen LogP contribution in [-0.2, 0) is 4.79 Å². The highest BCUT2D eigenvalue weighted by Crippen LogP contribution is 2.26. The lowest BCUT2D eigenvalue weighted by atomic mass is 9.89. The Morgan fingerprint density at radius 1 is 1.27 bits per heavy atom. The van der Waals surface area contributed by atoms with Gasteiger partial charge < -0.3 is 15.5 Å². The van der Waals surface area contributed by atoms with Gasteiger partial charge in [0.15, 0.2) is 0 Å². The molecule has 1 aliphatic rings. The number of aliphatic carboxylic acids is 1. The Morgan fingerprint density at radius 3 is 2.23 bits per heavy atom. The van der Waals surface area contributed by atoms with Crippen LogP contribution in [0.1, 0.15) is 24.5 Å². The topological polar surface area (TPSA) is 69.6 Å². The van der Waals surface area contributed by atoms with E-state index in [-0.39, 0.29) is 11.7 Å². The molecule has 124 valence electrons. The Kier molecular flexibility index (Phi) is 6.76. The number of hydrogen-bond donors (Lipinski definition) is 3. The number of nitrogens with one attached hydrogen (secondary N) is 1. The molecule has 0 aromatic heterocycles. The third kappa shape index (κ3) is 5.98. The Hall–Kier alpha value is -1.67. The van der Waals surface area contributed by atoms with Crippen LogP contribution >= 0.6 is 0 Å². The highest BCUT2D eigenvalue weighted by molar-refractivity contribution is 5.73. The van der Waals surface area contributed by atoms with Crippen LogP contribution < -0.4 is 5.32 Å². The van der Waals surface area contributed by atoms with Crippen molar-refractivity contribution in [2.24, 2.45) is 5.92 Å². The van der Waals surface area contributed by atoms with Crippen LogP contribution in [-0.4, -0.2) is 35.4 Å². The normalized spacial score (nSPS) is 19.8. The lowest BCUT2D eigenvalue weighted by molar-refractivity contribution is -0.192. The molecule has 2 atom stereocenters. The summed E-state index contributed by atoms with van der Waals surface area (Å²) in [6.07, 6.45) is -3.42. The number of carboxylic acid groups (broad SMARTS) is 1. The Morgan fingerprint density at radius 2 is 1.82 bits per heavy atom. The average Bonchev–Trinajstić information content (AvgIpc) is 2.48. The molecule has 3 N–H and O–H groups in total. The number of carboxylic acids is 1. The van der Waals surface area contributed by atoms with Gasteiger partial charge in [0.2, 0.25) is 0 Å². The van der Waals surface area contributed by atoms with Crippen molar-refractivity contribution in [1.29, 1.82) is 0 Å². The third-order valence-corrected chi connectivity index (χ3v) is 3.24. The van der Waals surface area contributed by atoms with E-state index in [1.807, 2.05) is 0 Å². The van der Waals surface area contributed by atoms with Crippen molar-refractivity contribution in [2.45, 2.75) is 25.1 Å². The fourth-order valence-corrected chi connectivity index (χ4v) is 2.08. The molecular weight excluding hydrogens is 306 g/mol. The van der Waals surface area contributed by atoms with Crippen molar-refractivity contribution in [3.05, 3.63) is 35.6 Å². The van der Waals surface area contributed by atoms with Crippen LogP contribution in [0.15, 0.2) is 24.3 Å². The molecule has 0 bridgehead atoms. The Bertz CT molecular complexity index is 470. The predicted octanol–water partition coefficient (Wildman–Crippen LogP) is 2.49. The van der Waals surface area contributed by atoms with Crippen LogP contribution in [0.25, 0.3) is 0 Å². The van der Waals surface area contributed by atoms with Gasteiger partial charge in [-0.15, -0.1) is 0 Å². The number of aliphatic hydroxyl groups is 1. The summed E-state index contributed by atoms with van der Waals surface area (Å²) in [6.45, 7) is 1.88. The highest BCUT2D eigenvalue weighted by atomic mass is 19.4. The van der Waals surface area contributed by atoms with Gasteiger partial charge in [0.1, 0.15) is 5.82 Å². The molecule has 0 radical (unpaired) electrons. The Balaban J connectivity index is 0.000000295. The summed E-state index contributed by atoms with van der Waals surface area (Å²) < 4.78 is 44.4. The molecule has 1 aromatic carbocycles. The van der Waals surface area contributed by atoms with Crippen LogP contribution in [0.5, 0.6) is 0 Å². The molecule has 1 aromatic rings. The standard InChI is InChI=1S/C12H16FNO.C2HF3O2/c13-11-5-3-9(4-6-11)12(15)10-2-1-7-14-8-10;3-2(4,5)1(6)7/h3-6,10,12,14-15H,1-2,7-8H2;(H,6,7). The maximum atomic E-state index is 12.7. The van der Waals surface area contributed by atoms with Gasteiger partial charge >= 0.3 is 12.1 Å². The average molecular weight is 323 g/mol. The summed E-state index contributed by atoms with van der Waals surface area (Å²) in [5.74, 6) is -2.76. The molecule has 0 spiro atoms. The van der Waals surface area contributed by atoms with Crippen molar-refractivity contribution in [3.8, 4) is 0 Å². The quantitative estimate of drug-likeness (QED) is 0.732. The smallest absolute Gasteiger partial charge is 0.475 e. The molecule has 1 fully saturated rings. The molecule has 2 unspecified atom stereocenters. The lowest BCUT2D eigenvalue weighted by Gasteiger charge is -2.27. The maximum absolute atomic E-state index is 12.7. The van der Waals surface area contributed by atoms with E-state index in [1.165, 1.54) is 12.1 Å². The molecule has 2 rings (SSSR count). The van der Waals surface area contributed by atoms with Crippen molar-refractivity contribution in [2.75, 3.05) is 13.1 Å². The molecule has 1 aliphatic heterocycles. The van der Waals surface area contributed by atoms with Gasteiger partial charge in [-0.05, 0) is 37.1 Å². The number of alkyl halides is 3. The van der Waals surface area contributed by atoms with Gasteiger partial charge in [0.25, 0.3) is 0 Å². The number of piperidine rings is 1. The van der Waals surface area contributed by atoms with Crippen LogP contribution in [0.2, 0.25) is 0 Å². The minimum atomic E-state index is -5.08. The number of carbonyl (C=O) groups is 1. The zero-order valence-electron chi connectivity index (χ0n) is 11.6. The zero-order valence-corrected chi connectivity index (χ0v) is 11.6. The molecule has 4 nitrogen and oxygen atoms in total. The first kappa shape index (κ1) is 18.4. The summed E-state index contributed by atoms with van der Waals surface area (Å²) in [4.78, 5) is 8.90. The number of rotatable bonds is 2. The SMILES string of the molecule is O=C(O)C(F)(F)F.OC(c1ccc(F)cc1)C1CCCNC1. The van der Waals surface area contributed by atoms with E-state index < -0.39 is 18.2 Å². The maximum Gasteiger partial charge on any atom is 0.490 e. The summed E-state index contributed by atoms with van der Waals surface area (Å²) in [7, 11) is 0. The van der Waals surface area contributed by atoms with E-state index in [1.54, 1.807) is 12.1 Å². The summed E-state index contributed by atoms with van der Waals surface area (Å²) in [5.41, 5.74) is 0.810. The van der Waals surface area contributed by atoms with Gasteiger partial charge in [0, 0.05) is 12.5 Å². The monoisotopic (exact) mass is 323 g/mol. The van der Waals surface area contributed by atoms with Crippen molar-refractivity contribution in [3.63, 3.8) is 0 Å².